The van der Waals surface area contributed by atoms with Crippen LogP contribution in [-0.2, 0) is 9.47 Å². The third-order valence-corrected chi connectivity index (χ3v) is 3.59. The minimum Gasteiger partial charge on any atom is -0.476 e. The molecule has 0 radical (unpaired) electrons. The number of hydrogen-bond acceptors (Lipinski definition) is 6. The number of anilines is 1. The Morgan fingerprint density at radius 1 is 1.82 bits per heavy atom. The lowest BCUT2D eigenvalue weighted by Gasteiger charge is -2.25. The number of nitrogens with one attached hydrogen (secondary N) is 1. The van der Waals surface area contributed by atoms with E-state index in [-0.39, 0.29) is 11.3 Å². The minimum absolute atomic E-state index is 0.0617. The largest absolute Gasteiger partial charge is 0.476 e. The minimum atomic E-state index is -1.01. The number of ether oxygens (including phenoxy) is 2. The predicted octanol–water partition coefficient (Wildman–Crippen LogP) is 1.06. The highest BCUT2D eigenvalue weighted by Crippen LogP contribution is 2.24. The molecule has 1 atom stereocenters. The molecule has 0 saturated carbocycles. The number of nitrogens with zero attached hydrogens (tertiary/aromatic N) is 1. The monoisotopic (exact) mass is 258 g/mol. The molecule has 1 fully saturated rings. The van der Waals surface area contributed by atoms with E-state index in [0.717, 1.165) is 6.42 Å². The second-order valence-corrected chi connectivity index (χ2v) is 4.74. The van der Waals surface area contributed by atoms with Gasteiger partial charge in [0.05, 0.1) is 6.61 Å². The Labute approximate surface area is 103 Å². The third-order valence-electron chi connectivity index (χ3n) is 2.79. The SMILES string of the molecule is COC1(CNc2nc(C(=O)O)cs2)CCOC1. The molecule has 2 heterocycles. The van der Waals surface area contributed by atoms with Crippen molar-refractivity contribution >= 4 is 22.4 Å². The maximum Gasteiger partial charge on any atom is 0.355 e. The number of hydrogen-bond donors (Lipinski definition) is 2. The summed E-state index contributed by atoms with van der Waals surface area (Å²) in [5.74, 6) is -1.01. The molecule has 2 rings (SSSR count). The maximum absolute atomic E-state index is 10.7. The highest BCUT2D eigenvalue weighted by atomic mass is 32.1. The van der Waals surface area contributed by atoms with Gasteiger partial charge < -0.3 is 19.9 Å². The molecule has 1 aromatic rings. The van der Waals surface area contributed by atoms with Gasteiger partial charge in [-0.2, -0.15) is 0 Å². The topological polar surface area (TPSA) is 80.7 Å². The number of methoxy groups -OCH3 is 1. The van der Waals surface area contributed by atoms with E-state index in [4.69, 9.17) is 14.6 Å². The molecule has 0 spiro atoms. The molecule has 6 nitrogen and oxygen atoms in total. The molecule has 17 heavy (non-hydrogen) atoms. The van der Waals surface area contributed by atoms with Crippen molar-refractivity contribution in [2.24, 2.45) is 0 Å². The van der Waals surface area contributed by atoms with Crippen LogP contribution in [-0.4, -0.2) is 48.5 Å². The van der Waals surface area contributed by atoms with Crippen LogP contribution >= 0.6 is 11.3 Å². The van der Waals surface area contributed by atoms with E-state index in [0.29, 0.717) is 24.9 Å². The standard InChI is InChI=1S/C10H14N2O4S/c1-15-10(2-3-16-6-10)5-11-9-12-7(4-17-9)8(13)14/h4H,2-3,5-6H2,1H3,(H,11,12)(H,13,14). The molecular weight excluding hydrogens is 244 g/mol. The summed E-state index contributed by atoms with van der Waals surface area (Å²) in [5.41, 5.74) is -0.263. The fourth-order valence-corrected chi connectivity index (χ4v) is 2.33. The van der Waals surface area contributed by atoms with Crippen LogP contribution in [0.2, 0.25) is 0 Å². The number of thiazole rings is 1. The molecule has 1 aromatic heterocycles. The number of rotatable bonds is 5. The van der Waals surface area contributed by atoms with Crippen LogP contribution in [0, 0.1) is 0 Å². The van der Waals surface area contributed by atoms with Crippen molar-refractivity contribution in [2.75, 3.05) is 32.2 Å². The molecule has 2 N–H and O–H groups in total. The van der Waals surface area contributed by atoms with Crippen LogP contribution in [0.15, 0.2) is 5.38 Å². The quantitative estimate of drug-likeness (QED) is 0.822. The Bertz CT molecular complexity index is 401. The molecule has 1 unspecified atom stereocenters. The van der Waals surface area contributed by atoms with Gasteiger partial charge in [0.2, 0.25) is 0 Å². The fourth-order valence-electron chi connectivity index (χ4n) is 1.65. The van der Waals surface area contributed by atoms with Gasteiger partial charge in [-0.25, -0.2) is 9.78 Å². The summed E-state index contributed by atoms with van der Waals surface area (Å²) >= 11 is 1.27. The van der Waals surface area contributed by atoms with Gasteiger partial charge in [0.1, 0.15) is 5.60 Å². The summed E-state index contributed by atoms with van der Waals surface area (Å²) in [6.45, 7) is 1.80. The van der Waals surface area contributed by atoms with Crippen LogP contribution < -0.4 is 5.32 Å². The summed E-state index contributed by atoms with van der Waals surface area (Å²) in [4.78, 5) is 14.6. The first-order valence-electron chi connectivity index (χ1n) is 5.21. The van der Waals surface area contributed by atoms with E-state index in [9.17, 15) is 4.79 Å². The van der Waals surface area contributed by atoms with Crippen LogP contribution in [0.25, 0.3) is 0 Å². The van der Waals surface area contributed by atoms with Crippen molar-refractivity contribution in [3.8, 4) is 0 Å². The van der Waals surface area contributed by atoms with E-state index in [1.165, 1.54) is 16.7 Å². The molecule has 0 aliphatic carbocycles. The summed E-state index contributed by atoms with van der Waals surface area (Å²) in [6, 6.07) is 0. The van der Waals surface area contributed by atoms with Crippen LogP contribution in [0.3, 0.4) is 0 Å². The Kier molecular flexibility index (Phi) is 3.60. The lowest BCUT2D eigenvalue weighted by molar-refractivity contribution is -0.00620. The highest BCUT2D eigenvalue weighted by Gasteiger charge is 2.34. The van der Waals surface area contributed by atoms with Crippen molar-refractivity contribution in [1.82, 2.24) is 4.98 Å². The van der Waals surface area contributed by atoms with Crippen molar-refractivity contribution < 1.29 is 19.4 Å². The van der Waals surface area contributed by atoms with Gasteiger partial charge in [-0.05, 0) is 0 Å². The number of aromatic nitrogens is 1. The zero-order chi connectivity index (χ0) is 12.3. The molecule has 1 saturated heterocycles. The summed E-state index contributed by atoms with van der Waals surface area (Å²) < 4.78 is 10.8. The van der Waals surface area contributed by atoms with Crippen LogP contribution in [0.4, 0.5) is 5.13 Å². The molecular formula is C10H14N2O4S. The van der Waals surface area contributed by atoms with Gasteiger partial charge in [-0.15, -0.1) is 11.3 Å². The lowest BCUT2D eigenvalue weighted by atomic mass is 10.0. The van der Waals surface area contributed by atoms with Crippen molar-refractivity contribution in [3.05, 3.63) is 11.1 Å². The van der Waals surface area contributed by atoms with E-state index in [1.807, 2.05) is 0 Å². The maximum atomic E-state index is 10.7. The van der Waals surface area contributed by atoms with Gasteiger partial charge in [-0.1, -0.05) is 0 Å². The second kappa shape index (κ2) is 4.99. The van der Waals surface area contributed by atoms with Gasteiger partial charge in [0.15, 0.2) is 10.8 Å². The number of carboxylic acids is 1. The predicted molar refractivity (Wildman–Crippen MR) is 62.7 cm³/mol. The number of aromatic carboxylic acids is 1. The van der Waals surface area contributed by atoms with Crippen LogP contribution in [0.1, 0.15) is 16.9 Å². The molecule has 0 aromatic carbocycles. The van der Waals surface area contributed by atoms with Gasteiger partial charge in [0.25, 0.3) is 0 Å². The lowest BCUT2D eigenvalue weighted by Crippen LogP contribution is -2.39. The summed E-state index contributed by atoms with van der Waals surface area (Å²) in [5, 5.41) is 13.9. The third kappa shape index (κ3) is 2.74. The molecule has 0 amide bonds. The van der Waals surface area contributed by atoms with Gasteiger partial charge >= 0.3 is 5.97 Å². The average Bonchev–Trinajstić information content (AvgIpc) is 2.96. The summed E-state index contributed by atoms with van der Waals surface area (Å²) in [7, 11) is 1.65. The van der Waals surface area contributed by atoms with Crippen molar-refractivity contribution in [3.63, 3.8) is 0 Å². The average molecular weight is 258 g/mol. The number of carboxylic acid groups (broad SMARTS) is 1. The van der Waals surface area contributed by atoms with E-state index in [2.05, 4.69) is 10.3 Å². The highest BCUT2D eigenvalue weighted by molar-refractivity contribution is 7.13. The van der Waals surface area contributed by atoms with Crippen molar-refractivity contribution in [2.45, 2.75) is 12.0 Å². The molecule has 1 aliphatic heterocycles. The first-order chi connectivity index (χ1) is 8.15. The van der Waals surface area contributed by atoms with E-state index in [1.54, 1.807) is 7.11 Å². The molecule has 7 heteroatoms. The smallest absolute Gasteiger partial charge is 0.355 e. The zero-order valence-electron chi connectivity index (χ0n) is 9.43. The van der Waals surface area contributed by atoms with Crippen molar-refractivity contribution in [1.29, 1.82) is 0 Å². The summed E-state index contributed by atoms with van der Waals surface area (Å²) in [6.07, 6.45) is 0.827. The van der Waals surface area contributed by atoms with E-state index >= 15 is 0 Å². The fraction of sp³-hybridized carbons (Fsp3) is 0.600. The number of carbonyl (C=O) groups is 1. The Hall–Kier alpha value is -1.18. The van der Waals surface area contributed by atoms with E-state index < -0.39 is 5.97 Å². The first kappa shape index (κ1) is 12.3. The second-order valence-electron chi connectivity index (χ2n) is 3.89. The first-order valence-corrected chi connectivity index (χ1v) is 6.09. The Morgan fingerprint density at radius 3 is 3.18 bits per heavy atom. The molecule has 1 aliphatic rings. The normalized spacial score (nSPS) is 23.8. The van der Waals surface area contributed by atoms with Gasteiger partial charge in [0, 0.05) is 32.1 Å². The Balaban J connectivity index is 1.94. The molecule has 94 valence electrons. The Morgan fingerprint density at radius 2 is 2.65 bits per heavy atom. The zero-order valence-corrected chi connectivity index (χ0v) is 10.2. The molecule has 0 bridgehead atoms. The van der Waals surface area contributed by atoms with Gasteiger partial charge in [-0.3, -0.25) is 0 Å². The van der Waals surface area contributed by atoms with Crippen LogP contribution in [0.5, 0.6) is 0 Å².